The van der Waals surface area contributed by atoms with Gasteiger partial charge in [-0.05, 0) is 36.2 Å². The van der Waals surface area contributed by atoms with Crippen LogP contribution in [0.5, 0.6) is 5.75 Å². The van der Waals surface area contributed by atoms with Crippen LogP contribution in [0.3, 0.4) is 0 Å². The van der Waals surface area contributed by atoms with E-state index in [1.54, 1.807) is 12.0 Å². The van der Waals surface area contributed by atoms with E-state index in [1.807, 2.05) is 62.6 Å². The number of ether oxygens (including phenoxy) is 1. The molecule has 2 aromatic rings. The van der Waals surface area contributed by atoms with E-state index in [1.165, 1.54) is 5.56 Å². The Labute approximate surface area is 131 Å². The highest BCUT2D eigenvalue weighted by Gasteiger charge is 2.14. The zero-order chi connectivity index (χ0) is 15.9. The Balaban J connectivity index is 1.99. The van der Waals surface area contributed by atoms with Gasteiger partial charge in [0.2, 0.25) is 0 Å². The highest BCUT2D eigenvalue weighted by Crippen LogP contribution is 2.17. The zero-order valence-electron chi connectivity index (χ0n) is 13.3. The minimum absolute atomic E-state index is 0.0264. The molecule has 2 rings (SSSR count). The molecule has 0 fully saturated rings. The van der Waals surface area contributed by atoms with Crippen molar-refractivity contribution in [1.82, 2.24) is 4.90 Å². The predicted octanol–water partition coefficient (Wildman–Crippen LogP) is 3.05. The Morgan fingerprint density at radius 1 is 1.14 bits per heavy atom. The quantitative estimate of drug-likeness (QED) is 0.891. The van der Waals surface area contributed by atoms with E-state index in [-0.39, 0.29) is 5.91 Å². The molecule has 0 saturated heterocycles. The molecule has 0 bridgehead atoms. The van der Waals surface area contributed by atoms with Gasteiger partial charge in [0.25, 0.3) is 5.91 Å². The van der Waals surface area contributed by atoms with Crippen molar-refractivity contribution in [2.24, 2.45) is 0 Å². The maximum absolute atomic E-state index is 12.5. The summed E-state index contributed by atoms with van der Waals surface area (Å²) >= 11 is 0. The number of rotatable bonds is 6. The van der Waals surface area contributed by atoms with Crippen molar-refractivity contribution in [3.05, 3.63) is 59.7 Å². The summed E-state index contributed by atoms with van der Waals surface area (Å²) in [5, 5.41) is 3.06. The number of carbonyl (C=O) groups is 1. The maximum atomic E-state index is 12.5. The normalized spacial score (nSPS) is 10.1. The fourth-order valence-corrected chi connectivity index (χ4v) is 2.28. The maximum Gasteiger partial charge on any atom is 0.255 e. The van der Waals surface area contributed by atoms with Crippen LogP contribution in [0.25, 0.3) is 0 Å². The molecule has 0 aliphatic heterocycles. The third-order valence-electron chi connectivity index (χ3n) is 3.67. The van der Waals surface area contributed by atoms with E-state index in [2.05, 4.69) is 5.32 Å². The van der Waals surface area contributed by atoms with E-state index < -0.39 is 0 Å². The summed E-state index contributed by atoms with van der Waals surface area (Å²) in [6.07, 6.45) is 0.813. The predicted molar refractivity (Wildman–Crippen MR) is 89.6 cm³/mol. The Kier molecular flexibility index (Phi) is 5.42. The first-order valence-corrected chi connectivity index (χ1v) is 7.31. The average molecular weight is 298 g/mol. The van der Waals surface area contributed by atoms with Crippen molar-refractivity contribution in [3.8, 4) is 5.75 Å². The number of hydrogen-bond acceptors (Lipinski definition) is 3. The molecule has 1 amide bonds. The lowest BCUT2D eigenvalue weighted by atomic mass is 10.1. The summed E-state index contributed by atoms with van der Waals surface area (Å²) in [6, 6.07) is 15.5. The number of anilines is 1. The second-order valence-corrected chi connectivity index (χ2v) is 5.12. The number of hydrogen-bond donors (Lipinski definition) is 1. The van der Waals surface area contributed by atoms with Crippen LogP contribution >= 0.6 is 0 Å². The van der Waals surface area contributed by atoms with Crippen LogP contribution in [0.15, 0.2) is 48.5 Å². The summed E-state index contributed by atoms with van der Waals surface area (Å²) < 4.78 is 5.14. The second kappa shape index (κ2) is 7.50. The standard InChI is InChI=1S/C18H22N2O2/c1-19-17-7-5-4-6-16(17)18(21)20(2)13-12-14-8-10-15(22-3)11-9-14/h4-11,19H,12-13H2,1-3H3. The van der Waals surface area contributed by atoms with E-state index >= 15 is 0 Å². The number of methoxy groups -OCH3 is 1. The van der Waals surface area contributed by atoms with Crippen molar-refractivity contribution in [2.45, 2.75) is 6.42 Å². The second-order valence-electron chi connectivity index (χ2n) is 5.12. The lowest BCUT2D eigenvalue weighted by molar-refractivity contribution is 0.0797. The molecule has 4 heteroatoms. The van der Waals surface area contributed by atoms with Crippen LogP contribution in [-0.2, 0) is 6.42 Å². The summed E-state index contributed by atoms with van der Waals surface area (Å²) in [4.78, 5) is 14.3. The van der Waals surface area contributed by atoms with Crippen molar-refractivity contribution < 1.29 is 9.53 Å². The van der Waals surface area contributed by atoms with Crippen molar-refractivity contribution in [2.75, 3.05) is 33.1 Å². The van der Waals surface area contributed by atoms with Gasteiger partial charge in [0.05, 0.1) is 12.7 Å². The fourth-order valence-electron chi connectivity index (χ4n) is 2.28. The fraction of sp³-hybridized carbons (Fsp3) is 0.278. The molecular weight excluding hydrogens is 276 g/mol. The van der Waals surface area contributed by atoms with E-state index in [0.29, 0.717) is 12.1 Å². The Morgan fingerprint density at radius 2 is 1.82 bits per heavy atom. The van der Waals surface area contributed by atoms with Crippen LogP contribution in [0.4, 0.5) is 5.69 Å². The SMILES string of the molecule is CNc1ccccc1C(=O)N(C)CCc1ccc(OC)cc1. The van der Waals surface area contributed by atoms with E-state index in [9.17, 15) is 4.79 Å². The summed E-state index contributed by atoms with van der Waals surface area (Å²) in [5.74, 6) is 0.870. The lowest BCUT2D eigenvalue weighted by Gasteiger charge is -2.19. The molecule has 1 N–H and O–H groups in total. The minimum Gasteiger partial charge on any atom is -0.497 e. The molecular formula is C18H22N2O2. The van der Waals surface area contributed by atoms with Crippen molar-refractivity contribution in [1.29, 1.82) is 0 Å². The van der Waals surface area contributed by atoms with Crippen LogP contribution in [0.1, 0.15) is 15.9 Å². The highest BCUT2D eigenvalue weighted by molar-refractivity contribution is 5.99. The first kappa shape index (κ1) is 15.9. The number of likely N-dealkylation sites (N-methyl/N-ethyl adjacent to an activating group) is 1. The number of amides is 1. The molecule has 116 valence electrons. The van der Waals surface area contributed by atoms with Gasteiger partial charge in [0, 0.05) is 26.3 Å². The first-order chi connectivity index (χ1) is 10.7. The highest BCUT2D eigenvalue weighted by atomic mass is 16.5. The topological polar surface area (TPSA) is 41.6 Å². The molecule has 0 aliphatic rings. The summed E-state index contributed by atoms with van der Waals surface area (Å²) in [6.45, 7) is 0.670. The van der Waals surface area contributed by atoms with E-state index in [4.69, 9.17) is 4.74 Å². The molecule has 0 spiro atoms. The number of carbonyl (C=O) groups excluding carboxylic acids is 1. The molecule has 0 saturated carbocycles. The van der Waals surface area contributed by atoms with E-state index in [0.717, 1.165) is 17.9 Å². The van der Waals surface area contributed by atoms with Gasteiger partial charge in [0.15, 0.2) is 0 Å². The van der Waals surface area contributed by atoms with Gasteiger partial charge in [-0.15, -0.1) is 0 Å². The molecule has 0 aliphatic carbocycles. The van der Waals surface area contributed by atoms with Crippen LogP contribution in [0.2, 0.25) is 0 Å². The molecule has 22 heavy (non-hydrogen) atoms. The van der Waals surface area contributed by atoms with Gasteiger partial charge in [0.1, 0.15) is 5.75 Å². The van der Waals surface area contributed by atoms with Crippen LogP contribution in [-0.4, -0.2) is 38.6 Å². The smallest absolute Gasteiger partial charge is 0.255 e. The molecule has 4 nitrogen and oxygen atoms in total. The third kappa shape index (κ3) is 3.79. The largest absolute Gasteiger partial charge is 0.497 e. The summed E-state index contributed by atoms with van der Waals surface area (Å²) in [7, 11) is 5.31. The Hall–Kier alpha value is -2.49. The van der Waals surface area contributed by atoms with Gasteiger partial charge in [-0.2, -0.15) is 0 Å². The molecule has 0 aromatic heterocycles. The number of para-hydroxylation sites is 1. The van der Waals surface area contributed by atoms with Crippen molar-refractivity contribution in [3.63, 3.8) is 0 Å². The average Bonchev–Trinajstić information content (AvgIpc) is 2.59. The van der Waals surface area contributed by atoms with Gasteiger partial charge in [-0.3, -0.25) is 4.79 Å². The lowest BCUT2D eigenvalue weighted by Crippen LogP contribution is -2.29. The van der Waals surface area contributed by atoms with Gasteiger partial charge >= 0.3 is 0 Å². The number of nitrogens with one attached hydrogen (secondary N) is 1. The van der Waals surface area contributed by atoms with Crippen LogP contribution < -0.4 is 10.1 Å². The molecule has 0 atom stereocenters. The molecule has 0 radical (unpaired) electrons. The molecule has 0 unspecified atom stereocenters. The monoisotopic (exact) mass is 298 g/mol. The van der Waals surface area contributed by atoms with Crippen LogP contribution in [0, 0.1) is 0 Å². The Morgan fingerprint density at radius 3 is 2.45 bits per heavy atom. The molecule has 0 heterocycles. The minimum atomic E-state index is 0.0264. The van der Waals surface area contributed by atoms with Crippen molar-refractivity contribution >= 4 is 11.6 Å². The number of nitrogens with zero attached hydrogens (tertiary/aromatic N) is 1. The summed E-state index contributed by atoms with van der Waals surface area (Å²) in [5.41, 5.74) is 2.73. The van der Waals surface area contributed by atoms with Gasteiger partial charge < -0.3 is 15.0 Å². The van der Waals surface area contributed by atoms with Gasteiger partial charge in [-0.1, -0.05) is 24.3 Å². The number of benzene rings is 2. The third-order valence-corrected chi connectivity index (χ3v) is 3.67. The first-order valence-electron chi connectivity index (χ1n) is 7.31. The molecule has 2 aromatic carbocycles. The zero-order valence-corrected chi connectivity index (χ0v) is 13.3. The van der Waals surface area contributed by atoms with Gasteiger partial charge in [-0.25, -0.2) is 0 Å². The Bertz CT molecular complexity index is 623.